The molecule has 1 atom stereocenters. The molecule has 6 heteroatoms. The summed E-state index contributed by atoms with van der Waals surface area (Å²) < 4.78 is 5.34. The van der Waals surface area contributed by atoms with Gasteiger partial charge in [0.25, 0.3) is 5.91 Å². The first-order valence-electron chi connectivity index (χ1n) is 6.38. The van der Waals surface area contributed by atoms with Gasteiger partial charge in [-0.15, -0.1) is 11.6 Å². The van der Waals surface area contributed by atoms with E-state index in [2.05, 4.69) is 0 Å². The van der Waals surface area contributed by atoms with E-state index in [0.717, 1.165) is 5.56 Å². The highest BCUT2D eigenvalue weighted by molar-refractivity contribution is 6.20. The maximum absolute atomic E-state index is 11.6. The summed E-state index contributed by atoms with van der Waals surface area (Å²) in [5, 5.41) is 8.34. The van der Waals surface area contributed by atoms with Crippen LogP contribution >= 0.6 is 11.6 Å². The van der Waals surface area contributed by atoms with Gasteiger partial charge in [-0.2, -0.15) is 0 Å². The number of carboxylic acids is 1. The number of fused-ring (bicyclic) bond motifs is 1. The molecule has 1 aromatic carbocycles. The Morgan fingerprint density at radius 1 is 1.55 bits per heavy atom. The molecule has 0 saturated carbocycles. The van der Waals surface area contributed by atoms with E-state index >= 15 is 0 Å². The molecule has 20 heavy (non-hydrogen) atoms. The summed E-state index contributed by atoms with van der Waals surface area (Å²) in [6.45, 7) is 0.0474. The number of alkyl halides is 1. The van der Waals surface area contributed by atoms with Gasteiger partial charge in [0.05, 0.1) is 11.1 Å². The number of halogens is 1. The largest absolute Gasteiger partial charge is 0.482 e. The molecule has 0 spiro atoms. The molecule has 1 aromatic rings. The maximum atomic E-state index is 11.6. The van der Waals surface area contributed by atoms with Crippen molar-refractivity contribution in [2.45, 2.75) is 24.6 Å². The van der Waals surface area contributed by atoms with E-state index in [-0.39, 0.29) is 24.3 Å². The second-order valence-corrected chi connectivity index (χ2v) is 5.25. The third kappa shape index (κ3) is 3.22. The number of amides is 1. The quantitative estimate of drug-likeness (QED) is 0.848. The Labute approximate surface area is 122 Å². The standard InChI is InChI=1S/C14H16ClNO4/c1-16-11-7-9(10(15)3-2-4-14(18)19)5-6-12(11)20-8-13(16)17/h5-7,10H,2-4,8H2,1H3,(H,18,19). The highest BCUT2D eigenvalue weighted by atomic mass is 35.5. The summed E-state index contributed by atoms with van der Waals surface area (Å²) in [7, 11) is 1.70. The molecule has 0 radical (unpaired) electrons. The molecule has 1 N–H and O–H groups in total. The van der Waals surface area contributed by atoms with Crippen LogP contribution in [0.5, 0.6) is 5.75 Å². The summed E-state index contributed by atoms with van der Waals surface area (Å²) in [4.78, 5) is 23.6. The summed E-state index contributed by atoms with van der Waals surface area (Å²) in [5.41, 5.74) is 1.56. The molecular weight excluding hydrogens is 282 g/mol. The second-order valence-electron chi connectivity index (χ2n) is 4.72. The molecule has 0 saturated heterocycles. The molecule has 1 heterocycles. The molecule has 0 aromatic heterocycles. The zero-order valence-electron chi connectivity index (χ0n) is 11.1. The topological polar surface area (TPSA) is 66.8 Å². The van der Waals surface area contributed by atoms with Gasteiger partial charge in [-0.05, 0) is 30.5 Å². The van der Waals surface area contributed by atoms with E-state index in [1.807, 2.05) is 12.1 Å². The molecule has 1 aliphatic heterocycles. The van der Waals surface area contributed by atoms with Gasteiger partial charge < -0.3 is 14.7 Å². The number of carbonyl (C=O) groups excluding carboxylic acids is 1. The van der Waals surface area contributed by atoms with Crippen LogP contribution in [0.15, 0.2) is 18.2 Å². The van der Waals surface area contributed by atoms with Crippen LogP contribution in [-0.2, 0) is 9.59 Å². The van der Waals surface area contributed by atoms with Crippen LogP contribution in [0.4, 0.5) is 5.69 Å². The first kappa shape index (κ1) is 14.7. The molecule has 0 bridgehead atoms. The lowest BCUT2D eigenvalue weighted by Gasteiger charge is -2.26. The normalized spacial score (nSPS) is 15.5. The molecule has 0 aliphatic carbocycles. The lowest BCUT2D eigenvalue weighted by atomic mass is 10.0. The van der Waals surface area contributed by atoms with Crippen LogP contribution < -0.4 is 9.64 Å². The van der Waals surface area contributed by atoms with Gasteiger partial charge in [0.15, 0.2) is 6.61 Å². The minimum absolute atomic E-state index is 0.0474. The molecule has 0 fully saturated rings. The van der Waals surface area contributed by atoms with Crippen molar-refractivity contribution in [3.63, 3.8) is 0 Å². The fraction of sp³-hybridized carbons (Fsp3) is 0.429. The number of anilines is 1. The van der Waals surface area contributed by atoms with Crippen molar-refractivity contribution < 1.29 is 19.4 Å². The van der Waals surface area contributed by atoms with Gasteiger partial charge in [0, 0.05) is 13.5 Å². The van der Waals surface area contributed by atoms with Gasteiger partial charge >= 0.3 is 5.97 Å². The van der Waals surface area contributed by atoms with Crippen LogP contribution in [0.3, 0.4) is 0 Å². The van der Waals surface area contributed by atoms with Crippen molar-refractivity contribution in [2.24, 2.45) is 0 Å². The Bertz CT molecular complexity index is 532. The number of hydrogen-bond acceptors (Lipinski definition) is 3. The Morgan fingerprint density at radius 3 is 3.00 bits per heavy atom. The van der Waals surface area contributed by atoms with Crippen molar-refractivity contribution in [3.8, 4) is 5.75 Å². The molecule has 1 aliphatic rings. The Hall–Kier alpha value is -1.75. The predicted molar refractivity (Wildman–Crippen MR) is 75.4 cm³/mol. The molecule has 1 amide bonds. The Balaban J connectivity index is 2.10. The number of rotatable bonds is 5. The maximum Gasteiger partial charge on any atom is 0.303 e. The van der Waals surface area contributed by atoms with Crippen molar-refractivity contribution in [1.29, 1.82) is 0 Å². The summed E-state index contributed by atoms with van der Waals surface area (Å²) in [6.07, 6.45) is 1.20. The van der Waals surface area contributed by atoms with Crippen molar-refractivity contribution in [2.75, 3.05) is 18.6 Å². The molecule has 108 valence electrons. The highest BCUT2D eigenvalue weighted by Gasteiger charge is 2.23. The van der Waals surface area contributed by atoms with Gasteiger partial charge in [-0.1, -0.05) is 6.07 Å². The van der Waals surface area contributed by atoms with Crippen LogP contribution in [-0.4, -0.2) is 30.6 Å². The number of nitrogens with zero attached hydrogens (tertiary/aromatic N) is 1. The Morgan fingerprint density at radius 2 is 2.30 bits per heavy atom. The predicted octanol–water partition coefficient (Wildman–Crippen LogP) is 2.58. The van der Waals surface area contributed by atoms with Crippen molar-refractivity contribution >= 4 is 29.2 Å². The fourth-order valence-electron chi connectivity index (χ4n) is 2.08. The minimum Gasteiger partial charge on any atom is -0.482 e. The summed E-state index contributed by atoms with van der Waals surface area (Å²) in [6, 6.07) is 5.46. The van der Waals surface area contributed by atoms with E-state index in [0.29, 0.717) is 24.3 Å². The van der Waals surface area contributed by atoms with E-state index in [9.17, 15) is 9.59 Å². The number of ether oxygens (including phenoxy) is 1. The zero-order valence-corrected chi connectivity index (χ0v) is 11.9. The third-order valence-corrected chi connectivity index (χ3v) is 3.75. The van der Waals surface area contributed by atoms with Gasteiger partial charge in [-0.3, -0.25) is 9.59 Å². The van der Waals surface area contributed by atoms with Gasteiger partial charge in [0.1, 0.15) is 5.75 Å². The summed E-state index contributed by atoms with van der Waals surface area (Å²) >= 11 is 6.28. The third-order valence-electron chi connectivity index (χ3n) is 3.28. The number of aliphatic carboxylic acids is 1. The van der Waals surface area contributed by atoms with E-state index < -0.39 is 5.97 Å². The summed E-state index contributed by atoms with van der Waals surface area (Å²) in [5.74, 6) is -0.269. The van der Waals surface area contributed by atoms with E-state index in [1.165, 1.54) is 0 Å². The van der Waals surface area contributed by atoms with Crippen LogP contribution in [0.1, 0.15) is 30.2 Å². The first-order valence-corrected chi connectivity index (χ1v) is 6.82. The first-order chi connectivity index (χ1) is 9.49. The molecule has 5 nitrogen and oxygen atoms in total. The molecule has 2 rings (SSSR count). The SMILES string of the molecule is CN1C(=O)COc2ccc(C(Cl)CCCC(=O)O)cc21. The van der Waals surface area contributed by atoms with E-state index in [4.69, 9.17) is 21.4 Å². The second kappa shape index (κ2) is 6.13. The van der Waals surface area contributed by atoms with Gasteiger partial charge in [-0.25, -0.2) is 0 Å². The minimum atomic E-state index is -0.821. The number of carbonyl (C=O) groups is 2. The smallest absolute Gasteiger partial charge is 0.303 e. The van der Waals surface area contributed by atoms with Crippen molar-refractivity contribution in [1.82, 2.24) is 0 Å². The van der Waals surface area contributed by atoms with Crippen LogP contribution in [0.25, 0.3) is 0 Å². The van der Waals surface area contributed by atoms with Gasteiger partial charge in [0.2, 0.25) is 0 Å². The monoisotopic (exact) mass is 297 g/mol. The molecule has 1 unspecified atom stereocenters. The van der Waals surface area contributed by atoms with Crippen LogP contribution in [0.2, 0.25) is 0 Å². The van der Waals surface area contributed by atoms with Crippen molar-refractivity contribution in [3.05, 3.63) is 23.8 Å². The number of likely N-dealkylation sites (N-methyl/N-ethyl adjacent to an activating group) is 1. The number of benzene rings is 1. The highest BCUT2D eigenvalue weighted by Crippen LogP contribution is 2.36. The average molecular weight is 298 g/mol. The Kier molecular flexibility index (Phi) is 4.49. The zero-order chi connectivity index (χ0) is 14.7. The molecular formula is C14H16ClNO4. The lowest BCUT2D eigenvalue weighted by Crippen LogP contribution is -2.35. The van der Waals surface area contributed by atoms with Crippen LogP contribution in [0, 0.1) is 0 Å². The fourth-order valence-corrected chi connectivity index (χ4v) is 2.37. The number of hydrogen-bond donors (Lipinski definition) is 1. The lowest BCUT2D eigenvalue weighted by molar-refractivity contribution is -0.137. The average Bonchev–Trinajstić information content (AvgIpc) is 2.42. The van der Waals surface area contributed by atoms with E-state index in [1.54, 1.807) is 18.0 Å². The number of carboxylic acid groups (broad SMARTS) is 1.